The van der Waals surface area contributed by atoms with E-state index in [1.165, 1.54) is 0 Å². The fraction of sp³-hybridized carbons (Fsp3) is 0.371. The van der Waals surface area contributed by atoms with Crippen LogP contribution in [-0.2, 0) is 22.6 Å². The number of carbonyl (C=O) groups excluding carboxylic acids is 2. The molecule has 0 spiro atoms. The van der Waals surface area contributed by atoms with Gasteiger partial charge in [-0.15, -0.1) is 0 Å². The maximum atomic E-state index is 14.5. The van der Waals surface area contributed by atoms with Crippen molar-refractivity contribution in [2.45, 2.75) is 63.7 Å². The molecule has 2 atom stereocenters. The van der Waals surface area contributed by atoms with Gasteiger partial charge in [0.2, 0.25) is 5.91 Å². The van der Waals surface area contributed by atoms with Gasteiger partial charge in [0.05, 0.1) is 12.6 Å². The van der Waals surface area contributed by atoms with Crippen LogP contribution < -0.4 is 10.1 Å². The molecule has 3 aromatic carbocycles. The van der Waals surface area contributed by atoms with E-state index in [2.05, 4.69) is 5.32 Å². The zero-order chi connectivity index (χ0) is 31.7. The average Bonchev–Trinajstić information content (AvgIpc) is 3.87. The van der Waals surface area contributed by atoms with Gasteiger partial charge < -0.3 is 19.9 Å². The molecule has 6 rings (SSSR count). The van der Waals surface area contributed by atoms with Gasteiger partial charge in [0.15, 0.2) is 11.6 Å². The molecule has 2 aliphatic heterocycles. The first-order valence-electron chi connectivity index (χ1n) is 15.3. The Labute approximate surface area is 271 Å². The highest BCUT2D eigenvalue weighted by Crippen LogP contribution is 2.38. The summed E-state index contributed by atoms with van der Waals surface area (Å²) in [7, 11) is 0. The number of fused-ring (bicyclic) bond motifs is 2. The molecule has 1 saturated heterocycles. The fourth-order valence-electron chi connectivity index (χ4n) is 6.31. The van der Waals surface area contributed by atoms with Crippen LogP contribution in [0.15, 0.2) is 66.2 Å². The summed E-state index contributed by atoms with van der Waals surface area (Å²) in [6.07, 6.45) is 3.77. The van der Waals surface area contributed by atoms with Gasteiger partial charge in [0.1, 0.15) is 10.8 Å². The second-order valence-corrected chi connectivity index (χ2v) is 12.8. The van der Waals surface area contributed by atoms with E-state index >= 15 is 0 Å². The number of benzene rings is 3. The van der Waals surface area contributed by atoms with Gasteiger partial charge in [0, 0.05) is 49.2 Å². The maximum Gasteiger partial charge on any atom is 0.252 e. The smallest absolute Gasteiger partial charge is 0.252 e. The highest BCUT2D eigenvalue weighted by Gasteiger charge is 2.43. The van der Waals surface area contributed by atoms with Crippen molar-refractivity contribution < 1.29 is 23.1 Å². The summed E-state index contributed by atoms with van der Waals surface area (Å²) in [5.74, 6) is -1.71. The number of aryl methyl sites for hydroxylation is 1. The van der Waals surface area contributed by atoms with Crippen molar-refractivity contribution in [1.82, 2.24) is 15.1 Å². The zero-order valence-electron chi connectivity index (χ0n) is 25.0. The fourth-order valence-corrected chi connectivity index (χ4v) is 6.71. The molecule has 6 nitrogen and oxygen atoms in total. The molecular formula is C35H35Cl2F2N3O3. The number of hydrogen-bond donors (Lipinski definition) is 1. The van der Waals surface area contributed by atoms with Crippen LogP contribution in [0.2, 0.25) is 10.0 Å². The Morgan fingerprint density at radius 2 is 1.73 bits per heavy atom. The van der Waals surface area contributed by atoms with Crippen LogP contribution in [0.1, 0.15) is 49.3 Å². The second kappa shape index (κ2) is 13.5. The largest absolute Gasteiger partial charge is 0.489 e. The van der Waals surface area contributed by atoms with E-state index in [-0.39, 0.29) is 47.3 Å². The van der Waals surface area contributed by atoms with Crippen molar-refractivity contribution in [1.29, 1.82) is 0 Å². The van der Waals surface area contributed by atoms with Gasteiger partial charge in [-0.2, -0.15) is 0 Å². The van der Waals surface area contributed by atoms with Crippen molar-refractivity contribution in [3.63, 3.8) is 0 Å². The molecule has 2 bridgehead atoms. The van der Waals surface area contributed by atoms with Gasteiger partial charge in [0.25, 0.3) is 5.91 Å². The Morgan fingerprint density at radius 1 is 1.00 bits per heavy atom. The summed E-state index contributed by atoms with van der Waals surface area (Å²) >= 11 is 12.4. The lowest BCUT2D eigenvalue weighted by Crippen LogP contribution is -2.61. The van der Waals surface area contributed by atoms with Crippen LogP contribution in [0.4, 0.5) is 8.78 Å². The Morgan fingerprint density at radius 3 is 2.44 bits per heavy atom. The van der Waals surface area contributed by atoms with E-state index in [0.717, 1.165) is 47.2 Å². The molecule has 1 saturated carbocycles. The van der Waals surface area contributed by atoms with Crippen molar-refractivity contribution in [3.05, 3.63) is 105 Å². The molecule has 2 heterocycles. The Bertz CT molecular complexity index is 1630. The van der Waals surface area contributed by atoms with Crippen LogP contribution in [-0.4, -0.2) is 59.4 Å². The SMILES string of the molecule is CC(=O)N1CC2CC(c3ccc(CCCOc4c(F)ccc(F)c4Cl)cc3)=C(C(=O)N(Cc3ccccc3Cl)C3CC3)C(C1)N2. The van der Waals surface area contributed by atoms with Gasteiger partial charge in [-0.1, -0.05) is 65.7 Å². The molecule has 2 fully saturated rings. The predicted octanol–water partition coefficient (Wildman–Crippen LogP) is 6.82. The van der Waals surface area contributed by atoms with Crippen LogP contribution in [0.5, 0.6) is 5.75 Å². The minimum absolute atomic E-state index is 0.00704. The predicted molar refractivity (Wildman–Crippen MR) is 171 cm³/mol. The van der Waals surface area contributed by atoms with E-state index in [9.17, 15) is 18.4 Å². The van der Waals surface area contributed by atoms with Crippen molar-refractivity contribution >= 4 is 40.6 Å². The lowest BCUT2D eigenvalue weighted by Gasteiger charge is -2.44. The summed E-state index contributed by atoms with van der Waals surface area (Å²) in [5.41, 5.74) is 4.66. The molecular weight excluding hydrogens is 619 g/mol. The summed E-state index contributed by atoms with van der Waals surface area (Å²) in [6, 6.07) is 17.7. The maximum absolute atomic E-state index is 14.5. The monoisotopic (exact) mass is 653 g/mol. The quantitative estimate of drug-likeness (QED) is 0.193. The third-order valence-electron chi connectivity index (χ3n) is 8.79. The number of hydrogen-bond acceptors (Lipinski definition) is 4. The Hall–Kier alpha value is -3.46. The molecule has 2 amide bonds. The van der Waals surface area contributed by atoms with Crippen LogP contribution >= 0.6 is 23.2 Å². The summed E-state index contributed by atoms with van der Waals surface area (Å²) in [4.78, 5) is 30.7. The van der Waals surface area contributed by atoms with Crippen molar-refractivity contribution in [2.75, 3.05) is 19.7 Å². The Kier molecular flexibility index (Phi) is 9.45. The third kappa shape index (κ3) is 7.03. The molecule has 3 aromatic rings. The molecule has 0 aromatic heterocycles. The second-order valence-electron chi connectivity index (χ2n) is 12.0. The van der Waals surface area contributed by atoms with E-state index in [1.807, 2.05) is 58.3 Å². The van der Waals surface area contributed by atoms with Crippen LogP contribution in [0.3, 0.4) is 0 Å². The molecule has 0 radical (unpaired) electrons. The van der Waals surface area contributed by atoms with Crippen LogP contribution in [0, 0.1) is 11.6 Å². The van der Waals surface area contributed by atoms with Gasteiger partial charge in [-0.3, -0.25) is 9.59 Å². The standard InChI is InChI=1S/C35H35Cl2F2N3O3/c1-21(43)41-19-25-17-27(23-10-8-22(9-11-23)5-4-16-45-34-30(39)15-14-29(38)33(34)37)32(31(20-41)40-25)35(44)42(26-12-13-26)18-24-6-2-3-7-28(24)36/h2-3,6-11,14-15,25-26,31,40H,4-5,12-13,16-20H2,1H3. The third-order valence-corrected chi connectivity index (χ3v) is 9.51. The first kappa shape index (κ1) is 31.5. The number of carbonyl (C=O) groups is 2. The van der Waals surface area contributed by atoms with Crippen LogP contribution in [0.25, 0.3) is 5.57 Å². The summed E-state index contributed by atoms with van der Waals surface area (Å²) in [5, 5.41) is 3.91. The first-order valence-corrected chi connectivity index (χ1v) is 16.1. The number of halogens is 4. The molecule has 1 N–H and O–H groups in total. The number of nitrogens with one attached hydrogen (secondary N) is 1. The highest BCUT2D eigenvalue weighted by atomic mass is 35.5. The average molecular weight is 655 g/mol. The lowest BCUT2D eigenvalue weighted by atomic mass is 9.82. The minimum atomic E-state index is -0.726. The molecule has 1 aliphatic carbocycles. The summed E-state index contributed by atoms with van der Waals surface area (Å²) < 4.78 is 33.2. The van der Waals surface area contributed by atoms with Crippen molar-refractivity contribution in [3.8, 4) is 5.75 Å². The number of piperazine rings is 1. The van der Waals surface area contributed by atoms with Crippen molar-refractivity contribution in [2.24, 2.45) is 0 Å². The Balaban J connectivity index is 1.23. The number of rotatable bonds is 10. The lowest BCUT2D eigenvalue weighted by molar-refractivity contribution is -0.132. The van der Waals surface area contributed by atoms with Gasteiger partial charge >= 0.3 is 0 Å². The van der Waals surface area contributed by atoms with E-state index in [1.54, 1.807) is 6.92 Å². The topological polar surface area (TPSA) is 61.9 Å². The first-order chi connectivity index (χ1) is 21.7. The van der Waals surface area contributed by atoms with Gasteiger partial charge in [-0.25, -0.2) is 8.78 Å². The number of nitrogens with zero attached hydrogens (tertiary/aromatic N) is 2. The number of amides is 2. The van der Waals surface area contributed by atoms with E-state index in [0.29, 0.717) is 49.5 Å². The number of ether oxygens (including phenoxy) is 1. The molecule has 45 heavy (non-hydrogen) atoms. The summed E-state index contributed by atoms with van der Waals surface area (Å²) in [6.45, 7) is 3.22. The zero-order valence-corrected chi connectivity index (χ0v) is 26.5. The normalized spacial score (nSPS) is 19.4. The van der Waals surface area contributed by atoms with E-state index in [4.69, 9.17) is 27.9 Å². The molecule has 2 unspecified atom stereocenters. The minimum Gasteiger partial charge on any atom is -0.489 e. The molecule has 10 heteroatoms. The highest BCUT2D eigenvalue weighted by molar-refractivity contribution is 6.32. The molecule has 236 valence electrons. The van der Waals surface area contributed by atoms with E-state index < -0.39 is 11.6 Å². The van der Waals surface area contributed by atoms with Gasteiger partial charge in [-0.05, 0) is 72.6 Å². The molecule has 3 aliphatic rings.